The molecular formula is C16H22. The quantitative estimate of drug-likeness (QED) is 0.598. The SMILES string of the molecule is C\C=C/C=C1/C(C)=C(C=C(C)C)C/C1=C/C. The van der Waals surface area contributed by atoms with Crippen LogP contribution in [0.1, 0.15) is 41.0 Å². The lowest BCUT2D eigenvalue weighted by atomic mass is 10.0. The standard InChI is InChI=1S/C16H22/c1-6-8-9-16-13(5)15(10-12(3)4)11-14(16)7-2/h6-10H,11H2,1-5H3/b8-6-,14-7-,16-9-. The Kier molecular flexibility index (Phi) is 4.54. The van der Waals surface area contributed by atoms with Gasteiger partial charge in [0.25, 0.3) is 0 Å². The Morgan fingerprint density at radius 1 is 1.19 bits per heavy atom. The van der Waals surface area contributed by atoms with Gasteiger partial charge in [-0.15, -0.1) is 0 Å². The van der Waals surface area contributed by atoms with Crippen LogP contribution in [0.25, 0.3) is 0 Å². The minimum absolute atomic E-state index is 1.08. The molecule has 0 aromatic heterocycles. The van der Waals surface area contributed by atoms with Crippen molar-refractivity contribution in [3.05, 3.63) is 58.2 Å². The predicted octanol–water partition coefficient (Wildman–Crippen LogP) is 5.12. The summed E-state index contributed by atoms with van der Waals surface area (Å²) in [6.45, 7) is 10.7. The predicted molar refractivity (Wildman–Crippen MR) is 73.4 cm³/mol. The molecule has 1 aliphatic carbocycles. The molecule has 0 N–H and O–H groups in total. The summed E-state index contributed by atoms with van der Waals surface area (Å²) in [4.78, 5) is 0. The molecule has 0 spiro atoms. The number of allylic oxidation sites excluding steroid dienone is 10. The minimum atomic E-state index is 1.08. The monoisotopic (exact) mass is 214 g/mol. The van der Waals surface area contributed by atoms with Crippen LogP contribution >= 0.6 is 0 Å². The van der Waals surface area contributed by atoms with Gasteiger partial charge < -0.3 is 0 Å². The molecule has 0 bridgehead atoms. The van der Waals surface area contributed by atoms with E-state index in [-0.39, 0.29) is 0 Å². The first kappa shape index (κ1) is 12.8. The number of rotatable bonds is 2. The fourth-order valence-electron chi connectivity index (χ4n) is 2.04. The molecule has 0 radical (unpaired) electrons. The van der Waals surface area contributed by atoms with Gasteiger partial charge in [0.05, 0.1) is 0 Å². The lowest BCUT2D eigenvalue weighted by Crippen LogP contribution is -1.81. The Morgan fingerprint density at radius 2 is 1.88 bits per heavy atom. The first-order valence-electron chi connectivity index (χ1n) is 5.93. The summed E-state index contributed by atoms with van der Waals surface area (Å²) >= 11 is 0. The van der Waals surface area contributed by atoms with Crippen LogP contribution in [0.4, 0.5) is 0 Å². The van der Waals surface area contributed by atoms with Gasteiger partial charge in [-0.25, -0.2) is 0 Å². The Bertz CT molecular complexity index is 405. The molecule has 0 nitrogen and oxygen atoms in total. The average Bonchev–Trinajstić information content (AvgIpc) is 2.52. The van der Waals surface area contributed by atoms with Gasteiger partial charge in [-0.3, -0.25) is 0 Å². The highest BCUT2D eigenvalue weighted by molar-refractivity contribution is 5.59. The smallest absolute Gasteiger partial charge is 0.00202 e. The van der Waals surface area contributed by atoms with Crippen molar-refractivity contribution in [2.45, 2.75) is 41.0 Å². The average molecular weight is 214 g/mol. The molecule has 0 heteroatoms. The summed E-state index contributed by atoms with van der Waals surface area (Å²) in [7, 11) is 0. The van der Waals surface area contributed by atoms with Gasteiger partial charge >= 0.3 is 0 Å². The van der Waals surface area contributed by atoms with Crippen molar-refractivity contribution in [1.82, 2.24) is 0 Å². The highest BCUT2D eigenvalue weighted by atomic mass is 14.2. The molecule has 0 aromatic carbocycles. The summed E-state index contributed by atoms with van der Waals surface area (Å²) < 4.78 is 0. The Hall–Kier alpha value is -1.30. The van der Waals surface area contributed by atoms with E-state index in [2.05, 4.69) is 65.0 Å². The molecule has 0 fully saturated rings. The van der Waals surface area contributed by atoms with E-state index in [1.165, 1.54) is 27.9 Å². The largest absolute Gasteiger partial charge is 0.0876 e. The van der Waals surface area contributed by atoms with Crippen LogP contribution < -0.4 is 0 Å². The Morgan fingerprint density at radius 3 is 2.38 bits per heavy atom. The van der Waals surface area contributed by atoms with E-state index in [0.717, 1.165) is 6.42 Å². The zero-order valence-corrected chi connectivity index (χ0v) is 11.1. The fourth-order valence-corrected chi connectivity index (χ4v) is 2.04. The van der Waals surface area contributed by atoms with Gasteiger partial charge in [0, 0.05) is 0 Å². The van der Waals surface area contributed by atoms with Gasteiger partial charge in [-0.1, -0.05) is 36.0 Å². The van der Waals surface area contributed by atoms with Crippen molar-refractivity contribution in [3.8, 4) is 0 Å². The third-order valence-corrected chi connectivity index (χ3v) is 2.88. The van der Waals surface area contributed by atoms with Crippen LogP contribution in [-0.4, -0.2) is 0 Å². The molecule has 0 aliphatic heterocycles. The molecule has 1 aliphatic rings. The van der Waals surface area contributed by atoms with Gasteiger partial charge in [0.2, 0.25) is 0 Å². The minimum Gasteiger partial charge on any atom is -0.0876 e. The van der Waals surface area contributed by atoms with Crippen molar-refractivity contribution in [2.24, 2.45) is 0 Å². The molecule has 0 amide bonds. The molecular weight excluding hydrogens is 192 g/mol. The second-order valence-corrected chi connectivity index (χ2v) is 4.47. The van der Waals surface area contributed by atoms with Crippen LogP contribution in [0.15, 0.2) is 58.2 Å². The van der Waals surface area contributed by atoms with Crippen LogP contribution in [0.2, 0.25) is 0 Å². The van der Waals surface area contributed by atoms with Crippen LogP contribution in [0.3, 0.4) is 0 Å². The summed E-state index contributed by atoms with van der Waals surface area (Å²) in [6, 6.07) is 0. The molecule has 16 heavy (non-hydrogen) atoms. The molecule has 0 atom stereocenters. The van der Waals surface area contributed by atoms with Gasteiger partial charge in [-0.05, 0) is 63.3 Å². The molecule has 0 saturated carbocycles. The van der Waals surface area contributed by atoms with Crippen LogP contribution in [0, 0.1) is 0 Å². The molecule has 0 heterocycles. The first-order chi connectivity index (χ1) is 7.60. The second-order valence-electron chi connectivity index (χ2n) is 4.47. The van der Waals surface area contributed by atoms with Gasteiger partial charge in [0.1, 0.15) is 0 Å². The van der Waals surface area contributed by atoms with Gasteiger partial charge in [0.15, 0.2) is 0 Å². The Labute approximate surface area is 99.8 Å². The van der Waals surface area contributed by atoms with Gasteiger partial charge in [-0.2, -0.15) is 0 Å². The summed E-state index contributed by atoms with van der Waals surface area (Å²) in [6.07, 6.45) is 12.0. The van der Waals surface area contributed by atoms with Crippen molar-refractivity contribution < 1.29 is 0 Å². The van der Waals surface area contributed by atoms with Crippen molar-refractivity contribution >= 4 is 0 Å². The Balaban J connectivity index is 3.16. The molecule has 0 unspecified atom stereocenters. The summed E-state index contributed by atoms with van der Waals surface area (Å²) in [5.41, 5.74) is 7.10. The lowest BCUT2D eigenvalue weighted by molar-refractivity contribution is 1.22. The summed E-state index contributed by atoms with van der Waals surface area (Å²) in [5.74, 6) is 0. The van der Waals surface area contributed by atoms with E-state index in [1.807, 2.05) is 0 Å². The maximum atomic E-state index is 2.30. The maximum Gasteiger partial charge on any atom is -0.00202 e. The highest BCUT2D eigenvalue weighted by Crippen LogP contribution is 2.37. The maximum absolute atomic E-state index is 2.30. The summed E-state index contributed by atoms with van der Waals surface area (Å²) in [5, 5.41) is 0. The van der Waals surface area contributed by atoms with Crippen molar-refractivity contribution in [2.75, 3.05) is 0 Å². The molecule has 86 valence electrons. The second kappa shape index (κ2) is 5.69. The topological polar surface area (TPSA) is 0 Å². The van der Waals surface area contributed by atoms with Crippen molar-refractivity contribution in [3.63, 3.8) is 0 Å². The molecule has 0 saturated heterocycles. The normalized spacial score (nSPS) is 21.6. The van der Waals surface area contributed by atoms with E-state index in [1.54, 1.807) is 0 Å². The van der Waals surface area contributed by atoms with E-state index in [9.17, 15) is 0 Å². The van der Waals surface area contributed by atoms with Crippen LogP contribution in [-0.2, 0) is 0 Å². The number of hydrogen-bond donors (Lipinski definition) is 0. The fraction of sp³-hybridized carbons (Fsp3) is 0.375. The molecule has 0 aromatic rings. The lowest BCUT2D eigenvalue weighted by Gasteiger charge is -2.00. The van der Waals surface area contributed by atoms with E-state index >= 15 is 0 Å². The van der Waals surface area contributed by atoms with E-state index in [0.29, 0.717) is 0 Å². The first-order valence-corrected chi connectivity index (χ1v) is 5.93. The van der Waals surface area contributed by atoms with Crippen molar-refractivity contribution in [1.29, 1.82) is 0 Å². The van der Waals surface area contributed by atoms with E-state index in [4.69, 9.17) is 0 Å². The third-order valence-electron chi connectivity index (χ3n) is 2.88. The third kappa shape index (κ3) is 2.85. The zero-order chi connectivity index (χ0) is 12.1. The highest BCUT2D eigenvalue weighted by Gasteiger charge is 2.18. The molecule has 1 rings (SSSR count). The zero-order valence-electron chi connectivity index (χ0n) is 11.1. The van der Waals surface area contributed by atoms with E-state index < -0.39 is 0 Å². The van der Waals surface area contributed by atoms with Crippen LogP contribution in [0.5, 0.6) is 0 Å². The number of hydrogen-bond acceptors (Lipinski definition) is 0.